The Morgan fingerprint density at radius 1 is 0.893 bits per heavy atom. The number of halogens is 2. The number of nitrogens with one attached hydrogen (secondary N) is 1. The molecule has 2 amide bonds. The Bertz CT molecular complexity index is 989. The van der Waals surface area contributed by atoms with Crippen LogP contribution in [0.25, 0.3) is 11.1 Å². The third kappa shape index (κ3) is 4.91. The van der Waals surface area contributed by atoms with Gasteiger partial charge in [-0.05, 0) is 41.0 Å². The van der Waals surface area contributed by atoms with Crippen LogP contribution in [0.4, 0.5) is 0 Å². The minimum atomic E-state index is -0.889. The SMILES string of the molecule is NC(=O)[C@@H](Cc1ccc(Cl)cc1Cl)NC(=O)c1ccc(-c2ccccc2)cc1. The molecule has 0 unspecified atom stereocenters. The summed E-state index contributed by atoms with van der Waals surface area (Å²) in [6.45, 7) is 0. The second-order valence-corrected chi connectivity index (χ2v) is 7.16. The van der Waals surface area contributed by atoms with Crippen LogP contribution in [0, 0.1) is 0 Å². The Morgan fingerprint density at radius 3 is 2.14 bits per heavy atom. The quantitative estimate of drug-likeness (QED) is 0.625. The van der Waals surface area contributed by atoms with Gasteiger partial charge in [-0.25, -0.2) is 0 Å². The molecule has 0 aliphatic heterocycles. The Labute approximate surface area is 173 Å². The van der Waals surface area contributed by atoms with Crippen molar-refractivity contribution in [2.75, 3.05) is 0 Å². The molecule has 0 heterocycles. The molecular formula is C22H18Cl2N2O2. The fraction of sp³-hybridized carbons (Fsp3) is 0.0909. The molecule has 0 spiro atoms. The zero-order valence-electron chi connectivity index (χ0n) is 14.9. The summed E-state index contributed by atoms with van der Waals surface area (Å²) in [7, 11) is 0. The molecule has 3 rings (SSSR count). The minimum Gasteiger partial charge on any atom is -0.368 e. The summed E-state index contributed by atoms with van der Waals surface area (Å²) >= 11 is 12.0. The number of amides is 2. The van der Waals surface area contributed by atoms with E-state index in [1.807, 2.05) is 42.5 Å². The molecule has 28 heavy (non-hydrogen) atoms. The molecule has 0 aliphatic carbocycles. The number of hydrogen-bond donors (Lipinski definition) is 2. The lowest BCUT2D eigenvalue weighted by molar-refractivity contribution is -0.119. The van der Waals surface area contributed by atoms with Gasteiger partial charge in [0, 0.05) is 22.0 Å². The predicted molar refractivity (Wildman–Crippen MR) is 112 cm³/mol. The molecule has 3 aromatic rings. The Balaban J connectivity index is 1.73. The smallest absolute Gasteiger partial charge is 0.251 e. The number of primary amides is 1. The Hall–Kier alpha value is -2.82. The topological polar surface area (TPSA) is 72.2 Å². The molecule has 0 aliphatic rings. The van der Waals surface area contributed by atoms with E-state index in [-0.39, 0.29) is 12.3 Å². The third-order valence-corrected chi connectivity index (χ3v) is 4.93. The molecule has 0 bridgehead atoms. The first-order valence-corrected chi connectivity index (χ1v) is 9.39. The standard InChI is InChI=1S/C22H18Cl2N2O2/c23-18-11-10-17(19(24)13-18)12-20(21(25)27)26-22(28)16-8-6-15(7-9-16)14-4-2-1-3-5-14/h1-11,13,20H,12H2,(H2,25,27)(H,26,28)/t20-/m1/s1. The maximum absolute atomic E-state index is 12.6. The van der Waals surface area contributed by atoms with Gasteiger partial charge in [0.25, 0.3) is 5.91 Å². The Kier molecular flexibility index (Phi) is 6.34. The fourth-order valence-electron chi connectivity index (χ4n) is 2.82. The van der Waals surface area contributed by atoms with Gasteiger partial charge in [0.05, 0.1) is 0 Å². The summed E-state index contributed by atoms with van der Waals surface area (Å²) in [5.41, 5.74) is 8.64. The van der Waals surface area contributed by atoms with Crippen molar-refractivity contribution in [2.24, 2.45) is 5.73 Å². The summed E-state index contributed by atoms with van der Waals surface area (Å²) in [5.74, 6) is -1.02. The molecule has 142 valence electrons. The van der Waals surface area contributed by atoms with Gasteiger partial charge in [-0.1, -0.05) is 71.7 Å². The van der Waals surface area contributed by atoms with E-state index in [1.165, 1.54) is 0 Å². The van der Waals surface area contributed by atoms with Gasteiger partial charge in [-0.2, -0.15) is 0 Å². The van der Waals surface area contributed by atoms with Crippen molar-refractivity contribution in [2.45, 2.75) is 12.5 Å². The minimum absolute atomic E-state index is 0.180. The maximum atomic E-state index is 12.6. The first-order chi connectivity index (χ1) is 13.4. The van der Waals surface area contributed by atoms with Crippen LogP contribution in [0.5, 0.6) is 0 Å². The number of rotatable bonds is 6. The van der Waals surface area contributed by atoms with Crippen molar-refractivity contribution in [1.82, 2.24) is 5.32 Å². The monoisotopic (exact) mass is 412 g/mol. The molecule has 4 nitrogen and oxygen atoms in total. The van der Waals surface area contributed by atoms with Crippen LogP contribution in [-0.2, 0) is 11.2 Å². The van der Waals surface area contributed by atoms with Gasteiger partial charge in [0.1, 0.15) is 6.04 Å². The van der Waals surface area contributed by atoms with E-state index < -0.39 is 11.9 Å². The van der Waals surface area contributed by atoms with Crippen molar-refractivity contribution in [3.63, 3.8) is 0 Å². The van der Waals surface area contributed by atoms with Crippen LogP contribution in [0.2, 0.25) is 10.0 Å². The first-order valence-electron chi connectivity index (χ1n) is 8.63. The highest BCUT2D eigenvalue weighted by Gasteiger charge is 2.20. The van der Waals surface area contributed by atoms with Crippen molar-refractivity contribution in [1.29, 1.82) is 0 Å². The largest absolute Gasteiger partial charge is 0.368 e. The van der Waals surface area contributed by atoms with E-state index in [0.29, 0.717) is 21.2 Å². The highest BCUT2D eigenvalue weighted by Crippen LogP contribution is 2.22. The van der Waals surface area contributed by atoms with Crippen LogP contribution < -0.4 is 11.1 Å². The van der Waals surface area contributed by atoms with E-state index in [9.17, 15) is 9.59 Å². The zero-order valence-corrected chi connectivity index (χ0v) is 16.4. The zero-order chi connectivity index (χ0) is 20.1. The average Bonchev–Trinajstić information content (AvgIpc) is 2.70. The highest BCUT2D eigenvalue weighted by atomic mass is 35.5. The Morgan fingerprint density at radius 2 is 1.54 bits per heavy atom. The van der Waals surface area contributed by atoms with Crippen molar-refractivity contribution in [3.8, 4) is 11.1 Å². The number of benzene rings is 3. The summed E-state index contributed by atoms with van der Waals surface area (Å²) in [6.07, 6.45) is 0.180. The van der Waals surface area contributed by atoms with Gasteiger partial charge in [-0.3, -0.25) is 9.59 Å². The molecule has 3 N–H and O–H groups in total. The van der Waals surface area contributed by atoms with E-state index in [1.54, 1.807) is 30.3 Å². The van der Waals surface area contributed by atoms with E-state index >= 15 is 0 Å². The van der Waals surface area contributed by atoms with Crippen molar-refractivity contribution < 1.29 is 9.59 Å². The van der Waals surface area contributed by atoms with Crippen molar-refractivity contribution in [3.05, 3.63) is 94.0 Å². The summed E-state index contributed by atoms with van der Waals surface area (Å²) in [6, 6.07) is 21.1. The summed E-state index contributed by atoms with van der Waals surface area (Å²) < 4.78 is 0. The molecule has 6 heteroatoms. The summed E-state index contributed by atoms with van der Waals surface area (Å²) in [4.78, 5) is 24.4. The third-order valence-electron chi connectivity index (χ3n) is 4.34. The van der Waals surface area contributed by atoms with E-state index in [2.05, 4.69) is 5.32 Å². The molecule has 0 radical (unpaired) electrons. The highest BCUT2D eigenvalue weighted by molar-refractivity contribution is 6.35. The molecule has 0 fully saturated rings. The van der Waals surface area contributed by atoms with Gasteiger partial charge in [0.15, 0.2) is 0 Å². The second kappa shape index (κ2) is 8.91. The van der Waals surface area contributed by atoms with Gasteiger partial charge in [0.2, 0.25) is 5.91 Å². The van der Waals surface area contributed by atoms with E-state index in [0.717, 1.165) is 11.1 Å². The van der Waals surface area contributed by atoms with Gasteiger partial charge < -0.3 is 11.1 Å². The number of carbonyl (C=O) groups excluding carboxylic acids is 2. The van der Waals surface area contributed by atoms with Crippen LogP contribution >= 0.6 is 23.2 Å². The van der Waals surface area contributed by atoms with Crippen LogP contribution in [0.3, 0.4) is 0 Å². The van der Waals surface area contributed by atoms with Gasteiger partial charge in [-0.15, -0.1) is 0 Å². The number of hydrogen-bond acceptors (Lipinski definition) is 2. The molecule has 0 aromatic heterocycles. The maximum Gasteiger partial charge on any atom is 0.251 e. The molecule has 1 atom stereocenters. The lowest BCUT2D eigenvalue weighted by atomic mass is 10.0. The van der Waals surface area contributed by atoms with Crippen LogP contribution in [0.1, 0.15) is 15.9 Å². The number of carbonyl (C=O) groups is 2. The average molecular weight is 413 g/mol. The van der Waals surface area contributed by atoms with Crippen molar-refractivity contribution >= 4 is 35.0 Å². The molecule has 0 saturated heterocycles. The van der Waals surface area contributed by atoms with Gasteiger partial charge >= 0.3 is 0 Å². The molecule has 3 aromatic carbocycles. The molecular weight excluding hydrogens is 395 g/mol. The van der Waals surface area contributed by atoms with E-state index in [4.69, 9.17) is 28.9 Å². The fourth-order valence-corrected chi connectivity index (χ4v) is 3.30. The summed E-state index contributed by atoms with van der Waals surface area (Å²) in [5, 5.41) is 3.59. The normalized spacial score (nSPS) is 11.6. The molecule has 0 saturated carbocycles. The lowest BCUT2D eigenvalue weighted by Crippen LogP contribution is -2.45. The number of nitrogens with two attached hydrogens (primary N) is 1. The first kappa shape index (κ1) is 19.9. The van der Waals surface area contributed by atoms with Crippen LogP contribution in [0.15, 0.2) is 72.8 Å². The lowest BCUT2D eigenvalue weighted by Gasteiger charge is -2.16. The van der Waals surface area contributed by atoms with Crippen LogP contribution in [-0.4, -0.2) is 17.9 Å². The second-order valence-electron chi connectivity index (χ2n) is 6.31. The predicted octanol–water partition coefficient (Wildman–Crippen LogP) is 4.49.